The molecule has 0 aliphatic heterocycles. The molecule has 98 valence electrons. The van der Waals surface area contributed by atoms with E-state index in [9.17, 15) is 4.79 Å². The van der Waals surface area contributed by atoms with Crippen LogP contribution in [0.25, 0.3) is 0 Å². The molecule has 2 rings (SSSR count). The van der Waals surface area contributed by atoms with Crippen molar-refractivity contribution in [2.24, 2.45) is 0 Å². The molecule has 0 spiro atoms. The maximum absolute atomic E-state index is 11.0. The van der Waals surface area contributed by atoms with Crippen molar-refractivity contribution in [3.63, 3.8) is 0 Å². The van der Waals surface area contributed by atoms with Crippen molar-refractivity contribution in [1.29, 1.82) is 0 Å². The lowest BCUT2D eigenvalue weighted by atomic mass is 10.2. The highest BCUT2D eigenvalue weighted by Crippen LogP contribution is 2.32. The second kappa shape index (κ2) is 6.12. The van der Waals surface area contributed by atoms with Crippen LogP contribution >= 0.6 is 27.7 Å². The van der Waals surface area contributed by atoms with Gasteiger partial charge >= 0.3 is 5.97 Å². The lowest BCUT2D eigenvalue weighted by Crippen LogP contribution is -1.97. The first kappa shape index (κ1) is 14.0. The Labute approximate surface area is 123 Å². The monoisotopic (exact) mass is 338 g/mol. The molecule has 0 saturated heterocycles. The van der Waals surface area contributed by atoms with Gasteiger partial charge in [-0.2, -0.15) is 0 Å². The van der Waals surface area contributed by atoms with Crippen LogP contribution in [-0.4, -0.2) is 17.3 Å². The number of thioether (sulfide) groups is 1. The lowest BCUT2D eigenvalue weighted by molar-refractivity contribution is 0.0696. The van der Waals surface area contributed by atoms with Gasteiger partial charge in [-0.1, -0.05) is 28.1 Å². The molecule has 0 amide bonds. The molecule has 2 aromatic rings. The summed E-state index contributed by atoms with van der Waals surface area (Å²) in [5, 5.41) is 9.02. The molecule has 0 aromatic heterocycles. The van der Waals surface area contributed by atoms with Crippen LogP contribution in [0.3, 0.4) is 0 Å². The van der Waals surface area contributed by atoms with Crippen LogP contribution in [0.15, 0.2) is 51.8 Å². The third-order valence-corrected chi connectivity index (χ3v) is 3.65. The van der Waals surface area contributed by atoms with Gasteiger partial charge in [-0.3, -0.25) is 0 Å². The number of halogens is 1. The molecule has 0 heterocycles. The fraction of sp³-hybridized carbons (Fsp3) is 0.0714. The average molecular weight is 339 g/mol. The minimum atomic E-state index is -0.982. The van der Waals surface area contributed by atoms with Crippen LogP contribution in [0.4, 0.5) is 0 Å². The maximum atomic E-state index is 11.0. The van der Waals surface area contributed by atoms with Crippen LogP contribution < -0.4 is 4.74 Å². The Kier molecular flexibility index (Phi) is 4.50. The summed E-state index contributed by atoms with van der Waals surface area (Å²) in [6.45, 7) is 0. The van der Waals surface area contributed by atoms with Gasteiger partial charge in [0.1, 0.15) is 11.5 Å². The summed E-state index contributed by atoms with van der Waals surface area (Å²) in [5.74, 6) is 0.224. The smallest absolute Gasteiger partial charge is 0.335 e. The van der Waals surface area contributed by atoms with Crippen molar-refractivity contribution in [1.82, 2.24) is 0 Å². The number of benzene rings is 2. The minimum Gasteiger partial charge on any atom is -0.478 e. The third kappa shape index (κ3) is 3.52. The molecule has 5 heteroatoms. The molecule has 0 unspecified atom stereocenters. The van der Waals surface area contributed by atoms with E-state index in [4.69, 9.17) is 9.84 Å². The van der Waals surface area contributed by atoms with Gasteiger partial charge in [0.25, 0.3) is 0 Å². The number of hydrogen-bond acceptors (Lipinski definition) is 3. The number of carboxylic acid groups (broad SMARTS) is 1. The first-order valence-electron chi connectivity index (χ1n) is 5.45. The molecule has 19 heavy (non-hydrogen) atoms. The largest absolute Gasteiger partial charge is 0.478 e. The van der Waals surface area contributed by atoms with Gasteiger partial charge in [-0.15, -0.1) is 11.8 Å². The van der Waals surface area contributed by atoms with E-state index in [0.29, 0.717) is 16.0 Å². The molecule has 0 aliphatic carbocycles. The molecule has 0 radical (unpaired) electrons. The third-order valence-electron chi connectivity index (χ3n) is 2.42. The molecule has 0 atom stereocenters. The van der Waals surface area contributed by atoms with Gasteiger partial charge in [0, 0.05) is 9.37 Å². The zero-order chi connectivity index (χ0) is 13.8. The summed E-state index contributed by atoms with van der Waals surface area (Å²) >= 11 is 4.86. The zero-order valence-corrected chi connectivity index (χ0v) is 12.5. The Morgan fingerprint density at radius 1 is 1.26 bits per heavy atom. The van der Waals surface area contributed by atoms with E-state index < -0.39 is 5.97 Å². The van der Waals surface area contributed by atoms with Crippen molar-refractivity contribution in [2.45, 2.75) is 4.90 Å². The molecular formula is C14H11BrO3S. The highest BCUT2D eigenvalue weighted by Gasteiger charge is 2.09. The quantitative estimate of drug-likeness (QED) is 0.823. The molecule has 0 fully saturated rings. The van der Waals surface area contributed by atoms with Crippen molar-refractivity contribution >= 4 is 33.7 Å². The summed E-state index contributed by atoms with van der Waals surface area (Å²) in [7, 11) is 0. The number of rotatable bonds is 4. The maximum Gasteiger partial charge on any atom is 0.335 e. The van der Waals surface area contributed by atoms with Crippen LogP contribution in [0.1, 0.15) is 10.4 Å². The van der Waals surface area contributed by atoms with E-state index in [1.54, 1.807) is 17.8 Å². The Balaban J connectivity index is 2.35. The highest BCUT2D eigenvalue weighted by molar-refractivity contribution is 9.10. The molecular weight excluding hydrogens is 328 g/mol. The standard InChI is InChI=1S/C14H11BrO3S/c1-19-13-5-3-2-4-12(13)18-11-7-9(14(16)17)6-10(15)8-11/h2-8H,1H3,(H,16,17). The number of carbonyl (C=O) groups is 1. The first-order valence-corrected chi connectivity index (χ1v) is 7.46. The Morgan fingerprint density at radius 3 is 2.68 bits per heavy atom. The van der Waals surface area contributed by atoms with Crippen molar-refractivity contribution in [3.05, 3.63) is 52.5 Å². The van der Waals surface area contributed by atoms with Gasteiger partial charge < -0.3 is 9.84 Å². The van der Waals surface area contributed by atoms with E-state index in [0.717, 1.165) is 4.90 Å². The van der Waals surface area contributed by atoms with E-state index >= 15 is 0 Å². The van der Waals surface area contributed by atoms with E-state index in [1.165, 1.54) is 12.1 Å². The predicted octanol–water partition coefficient (Wildman–Crippen LogP) is 4.66. The second-order valence-corrected chi connectivity index (χ2v) is 5.50. The first-order chi connectivity index (χ1) is 9.10. The number of ether oxygens (including phenoxy) is 1. The van der Waals surface area contributed by atoms with E-state index in [1.807, 2.05) is 30.5 Å². The number of aromatic carboxylic acids is 1. The minimum absolute atomic E-state index is 0.186. The predicted molar refractivity (Wildman–Crippen MR) is 79.4 cm³/mol. The van der Waals surface area contributed by atoms with Crippen LogP contribution in [-0.2, 0) is 0 Å². The Hall–Kier alpha value is -1.46. The highest BCUT2D eigenvalue weighted by atomic mass is 79.9. The fourth-order valence-electron chi connectivity index (χ4n) is 1.58. The zero-order valence-electron chi connectivity index (χ0n) is 10.1. The molecule has 0 saturated carbocycles. The van der Waals surface area contributed by atoms with Gasteiger partial charge in [-0.05, 0) is 36.6 Å². The van der Waals surface area contributed by atoms with Crippen LogP contribution in [0.5, 0.6) is 11.5 Å². The van der Waals surface area contributed by atoms with Crippen molar-refractivity contribution in [2.75, 3.05) is 6.26 Å². The average Bonchev–Trinajstić information content (AvgIpc) is 2.38. The second-order valence-electron chi connectivity index (χ2n) is 3.73. The molecule has 0 bridgehead atoms. The van der Waals surface area contributed by atoms with E-state index in [2.05, 4.69) is 15.9 Å². The van der Waals surface area contributed by atoms with Crippen molar-refractivity contribution < 1.29 is 14.6 Å². The Morgan fingerprint density at radius 2 is 2.00 bits per heavy atom. The van der Waals surface area contributed by atoms with E-state index in [-0.39, 0.29) is 5.56 Å². The molecule has 2 aromatic carbocycles. The van der Waals surface area contributed by atoms with Gasteiger partial charge in [0.05, 0.1) is 5.56 Å². The van der Waals surface area contributed by atoms with Gasteiger partial charge in [-0.25, -0.2) is 4.79 Å². The molecule has 3 nitrogen and oxygen atoms in total. The Bertz CT molecular complexity index is 613. The summed E-state index contributed by atoms with van der Waals surface area (Å²) in [6.07, 6.45) is 1.96. The normalized spacial score (nSPS) is 10.2. The number of carboxylic acids is 1. The van der Waals surface area contributed by atoms with Gasteiger partial charge in [0.2, 0.25) is 0 Å². The molecule has 0 aliphatic rings. The summed E-state index contributed by atoms with van der Waals surface area (Å²) in [4.78, 5) is 12.0. The van der Waals surface area contributed by atoms with Crippen LogP contribution in [0, 0.1) is 0 Å². The summed E-state index contributed by atoms with van der Waals surface area (Å²) in [6, 6.07) is 12.4. The fourth-order valence-corrected chi connectivity index (χ4v) is 2.57. The van der Waals surface area contributed by atoms with Crippen molar-refractivity contribution in [3.8, 4) is 11.5 Å². The number of para-hydroxylation sites is 1. The lowest BCUT2D eigenvalue weighted by Gasteiger charge is -2.10. The summed E-state index contributed by atoms with van der Waals surface area (Å²) < 4.78 is 6.43. The molecule has 1 N–H and O–H groups in total. The number of hydrogen-bond donors (Lipinski definition) is 1. The van der Waals surface area contributed by atoms with Crippen LogP contribution in [0.2, 0.25) is 0 Å². The topological polar surface area (TPSA) is 46.5 Å². The SMILES string of the molecule is CSc1ccccc1Oc1cc(Br)cc(C(=O)O)c1. The van der Waals surface area contributed by atoms with Gasteiger partial charge in [0.15, 0.2) is 0 Å². The summed E-state index contributed by atoms with van der Waals surface area (Å²) in [5.41, 5.74) is 0.186.